The Labute approximate surface area is 156 Å². The maximum absolute atomic E-state index is 11.8. The first-order valence-electron chi connectivity index (χ1n) is 8.44. The Balaban J connectivity index is 1.86. The molecule has 1 aromatic carbocycles. The average Bonchev–Trinajstić information content (AvgIpc) is 2.63. The molecule has 0 saturated carbocycles. The fraction of sp³-hybridized carbons (Fsp3) is 0.556. The van der Waals surface area contributed by atoms with Gasteiger partial charge in [0, 0.05) is 26.5 Å². The summed E-state index contributed by atoms with van der Waals surface area (Å²) in [5.41, 5.74) is 0.891. The first-order chi connectivity index (χ1) is 12.5. The number of amides is 1. The fourth-order valence-electron chi connectivity index (χ4n) is 3.27. The van der Waals surface area contributed by atoms with E-state index in [4.69, 9.17) is 18.9 Å². The van der Waals surface area contributed by atoms with Crippen LogP contribution >= 0.6 is 11.8 Å². The van der Waals surface area contributed by atoms with E-state index in [1.807, 2.05) is 30.3 Å². The summed E-state index contributed by atoms with van der Waals surface area (Å²) < 4.78 is 23.3. The van der Waals surface area contributed by atoms with Gasteiger partial charge in [-0.1, -0.05) is 42.1 Å². The van der Waals surface area contributed by atoms with Crippen LogP contribution < -0.4 is 5.32 Å². The van der Waals surface area contributed by atoms with Gasteiger partial charge in [0.05, 0.1) is 17.9 Å². The van der Waals surface area contributed by atoms with Crippen molar-refractivity contribution in [1.29, 1.82) is 0 Å². The van der Waals surface area contributed by atoms with Gasteiger partial charge in [-0.25, -0.2) is 0 Å². The van der Waals surface area contributed by atoms with E-state index in [1.54, 1.807) is 0 Å². The molecule has 26 heavy (non-hydrogen) atoms. The first-order valence-corrected chi connectivity index (χ1v) is 9.32. The lowest BCUT2D eigenvalue weighted by Crippen LogP contribution is -2.65. The number of nitrogens with one attached hydrogen (secondary N) is 1. The molecule has 0 radical (unpaired) electrons. The number of benzene rings is 1. The summed E-state index contributed by atoms with van der Waals surface area (Å²) in [5, 5.41) is 2.43. The zero-order valence-electron chi connectivity index (χ0n) is 14.9. The molecule has 2 heterocycles. The third-order valence-electron chi connectivity index (χ3n) is 4.31. The van der Waals surface area contributed by atoms with Crippen LogP contribution in [0.2, 0.25) is 0 Å². The molecule has 8 heteroatoms. The van der Waals surface area contributed by atoms with E-state index in [1.165, 1.54) is 21.0 Å². The summed E-state index contributed by atoms with van der Waals surface area (Å²) in [7, 11) is 1.51. The maximum Gasteiger partial charge on any atom is 0.217 e. The highest BCUT2D eigenvalue weighted by Gasteiger charge is 2.51. The van der Waals surface area contributed by atoms with Crippen molar-refractivity contribution in [1.82, 2.24) is 5.32 Å². The summed E-state index contributed by atoms with van der Waals surface area (Å²) in [4.78, 5) is 23.5. The highest BCUT2D eigenvalue weighted by molar-refractivity contribution is 8.14. The molecule has 2 fully saturated rings. The van der Waals surface area contributed by atoms with Crippen LogP contribution in [-0.4, -0.2) is 54.5 Å². The Hall–Kier alpha value is -1.45. The SMILES string of the molecule is CO[C@H]1O[C@@H]2CO[C@@H](c3ccccc3)O[C@H]2[C@H](SC(C)=O)[C@@H]1NC(C)=O. The summed E-state index contributed by atoms with van der Waals surface area (Å²) in [6, 6.07) is 9.07. The lowest BCUT2D eigenvalue weighted by atomic mass is 9.98. The number of hydrogen-bond acceptors (Lipinski definition) is 7. The molecule has 0 spiro atoms. The predicted molar refractivity (Wildman–Crippen MR) is 95.3 cm³/mol. The van der Waals surface area contributed by atoms with Crippen LogP contribution in [0.25, 0.3) is 0 Å². The monoisotopic (exact) mass is 381 g/mol. The Morgan fingerprint density at radius 1 is 1.19 bits per heavy atom. The highest BCUT2D eigenvalue weighted by Crippen LogP contribution is 2.39. The molecule has 0 bridgehead atoms. The van der Waals surface area contributed by atoms with E-state index in [2.05, 4.69) is 5.32 Å². The molecule has 2 aliphatic heterocycles. The van der Waals surface area contributed by atoms with Gasteiger partial charge < -0.3 is 24.3 Å². The molecule has 2 aliphatic rings. The van der Waals surface area contributed by atoms with Gasteiger partial charge in [0.2, 0.25) is 5.91 Å². The van der Waals surface area contributed by atoms with Gasteiger partial charge in [0.15, 0.2) is 17.7 Å². The lowest BCUT2D eigenvalue weighted by Gasteiger charge is -2.48. The number of hydrogen-bond donors (Lipinski definition) is 1. The molecular formula is C18H23NO6S. The maximum atomic E-state index is 11.8. The quantitative estimate of drug-likeness (QED) is 0.849. The minimum absolute atomic E-state index is 0.0628. The van der Waals surface area contributed by atoms with Gasteiger partial charge in [-0.05, 0) is 0 Å². The number of thioether (sulfide) groups is 1. The number of carbonyl (C=O) groups is 2. The first kappa shape index (κ1) is 19.3. The molecule has 1 N–H and O–H groups in total. The van der Waals surface area contributed by atoms with E-state index in [0.29, 0.717) is 6.61 Å². The second-order valence-electron chi connectivity index (χ2n) is 6.26. The lowest BCUT2D eigenvalue weighted by molar-refractivity contribution is -0.316. The number of methoxy groups -OCH3 is 1. The zero-order chi connectivity index (χ0) is 18.7. The number of rotatable bonds is 4. The second kappa shape index (κ2) is 8.49. The van der Waals surface area contributed by atoms with Gasteiger partial charge in [-0.2, -0.15) is 0 Å². The van der Waals surface area contributed by atoms with E-state index in [0.717, 1.165) is 17.3 Å². The van der Waals surface area contributed by atoms with Crippen molar-refractivity contribution in [2.24, 2.45) is 0 Å². The molecule has 0 unspecified atom stereocenters. The Morgan fingerprint density at radius 2 is 1.92 bits per heavy atom. The van der Waals surface area contributed by atoms with Crippen molar-refractivity contribution in [3.63, 3.8) is 0 Å². The molecule has 1 amide bonds. The van der Waals surface area contributed by atoms with Crippen LogP contribution in [0.5, 0.6) is 0 Å². The molecule has 142 valence electrons. The van der Waals surface area contributed by atoms with Crippen molar-refractivity contribution in [2.45, 2.75) is 49.9 Å². The van der Waals surface area contributed by atoms with Crippen LogP contribution in [0.3, 0.4) is 0 Å². The zero-order valence-corrected chi connectivity index (χ0v) is 15.7. The van der Waals surface area contributed by atoms with Crippen molar-refractivity contribution in [3.8, 4) is 0 Å². The van der Waals surface area contributed by atoms with Crippen molar-refractivity contribution in [3.05, 3.63) is 35.9 Å². The van der Waals surface area contributed by atoms with Gasteiger partial charge in [0.1, 0.15) is 12.2 Å². The summed E-state index contributed by atoms with van der Waals surface area (Å²) in [5.74, 6) is -0.222. The van der Waals surface area contributed by atoms with Crippen LogP contribution in [0.1, 0.15) is 25.7 Å². The Bertz CT molecular complexity index is 642. The molecule has 0 aromatic heterocycles. The van der Waals surface area contributed by atoms with Crippen LogP contribution in [0, 0.1) is 0 Å². The molecule has 7 nitrogen and oxygen atoms in total. The Morgan fingerprint density at radius 3 is 2.54 bits per heavy atom. The Kier molecular flexibility index (Phi) is 6.31. The van der Waals surface area contributed by atoms with E-state index in [9.17, 15) is 9.59 Å². The second-order valence-corrected chi connectivity index (χ2v) is 7.61. The summed E-state index contributed by atoms with van der Waals surface area (Å²) >= 11 is 1.13. The number of ether oxygens (including phenoxy) is 4. The fourth-order valence-corrected chi connectivity index (χ4v) is 4.37. The smallest absolute Gasteiger partial charge is 0.217 e. The van der Waals surface area contributed by atoms with Gasteiger partial charge >= 0.3 is 0 Å². The van der Waals surface area contributed by atoms with Crippen LogP contribution in [0.4, 0.5) is 0 Å². The molecule has 6 atom stereocenters. The third-order valence-corrected chi connectivity index (χ3v) is 5.48. The van der Waals surface area contributed by atoms with Crippen molar-refractivity contribution < 1.29 is 28.5 Å². The highest BCUT2D eigenvalue weighted by atomic mass is 32.2. The largest absolute Gasteiger partial charge is 0.354 e. The summed E-state index contributed by atoms with van der Waals surface area (Å²) in [6.45, 7) is 3.23. The van der Waals surface area contributed by atoms with Gasteiger partial charge in [-0.3, -0.25) is 9.59 Å². The van der Waals surface area contributed by atoms with E-state index in [-0.39, 0.29) is 22.4 Å². The van der Waals surface area contributed by atoms with Crippen LogP contribution in [-0.2, 0) is 28.5 Å². The van der Waals surface area contributed by atoms with Crippen molar-refractivity contribution >= 4 is 22.8 Å². The van der Waals surface area contributed by atoms with E-state index >= 15 is 0 Å². The topological polar surface area (TPSA) is 83.1 Å². The number of carbonyl (C=O) groups excluding carboxylic acids is 2. The molecular weight excluding hydrogens is 358 g/mol. The van der Waals surface area contributed by atoms with Gasteiger partial charge in [0.25, 0.3) is 0 Å². The van der Waals surface area contributed by atoms with Gasteiger partial charge in [-0.15, -0.1) is 0 Å². The van der Waals surface area contributed by atoms with Crippen LogP contribution in [0.15, 0.2) is 30.3 Å². The van der Waals surface area contributed by atoms with E-state index < -0.39 is 24.7 Å². The standard InChI is InChI=1S/C18H23NO6S/c1-10(20)19-14-16(26-11(2)21)15-13(24-18(14)22-3)9-23-17(25-15)12-7-5-4-6-8-12/h4-8,13-18H,9H2,1-3H3,(H,19,20)/t13-,14+,15-,16-,17-,18+/m1/s1. The molecule has 2 saturated heterocycles. The minimum Gasteiger partial charge on any atom is -0.354 e. The third kappa shape index (κ3) is 4.27. The number of fused-ring (bicyclic) bond motifs is 1. The normalized spacial score (nSPS) is 34.0. The minimum atomic E-state index is -0.683. The molecule has 3 rings (SSSR count). The average molecular weight is 381 g/mol. The molecule has 1 aromatic rings. The van der Waals surface area contributed by atoms with Crippen molar-refractivity contribution in [2.75, 3.05) is 13.7 Å². The summed E-state index contributed by atoms with van der Waals surface area (Å²) in [6.07, 6.45) is -2.04. The molecule has 0 aliphatic carbocycles. The predicted octanol–water partition coefficient (Wildman–Crippen LogP) is 1.62.